The maximum atomic E-state index is 12.3. The lowest BCUT2D eigenvalue weighted by Gasteiger charge is -2.21. The molecule has 0 atom stereocenters. The van der Waals surface area contributed by atoms with Crippen molar-refractivity contribution in [3.63, 3.8) is 0 Å². The number of nitrogens with one attached hydrogen (secondary N) is 1. The van der Waals surface area contributed by atoms with Crippen LogP contribution < -0.4 is 9.46 Å². The molecule has 0 saturated heterocycles. The van der Waals surface area contributed by atoms with E-state index in [1.54, 1.807) is 31.1 Å². The number of amides is 1. The summed E-state index contributed by atoms with van der Waals surface area (Å²) in [4.78, 5) is 13.4. The highest BCUT2D eigenvalue weighted by Gasteiger charge is 2.16. The van der Waals surface area contributed by atoms with Gasteiger partial charge in [0.15, 0.2) is 0 Å². The Balaban J connectivity index is 2.68. The molecule has 0 fully saturated rings. The van der Waals surface area contributed by atoms with Crippen molar-refractivity contribution in [1.29, 1.82) is 0 Å². The van der Waals surface area contributed by atoms with Crippen LogP contribution in [-0.4, -0.2) is 46.0 Å². The number of hydrogen-bond donors (Lipinski definition) is 1. The number of sulfonamides is 1. The predicted octanol–water partition coefficient (Wildman–Crippen LogP) is 1.93. The number of unbranched alkanes of at least 4 members (excludes halogenated alkanes) is 1. The molecule has 7 heteroatoms. The third-order valence-corrected chi connectivity index (χ3v) is 5.04. The first kappa shape index (κ1) is 19.4. The van der Waals surface area contributed by atoms with Gasteiger partial charge in [0.1, 0.15) is 5.75 Å². The molecule has 6 nitrogen and oxygen atoms in total. The van der Waals surface area contributed by atoms with Crippen molar-refractivity contribution >= 4 is 15.9 Å². The smallest absolute Gasteiger partial charge is 0.240 e. The summed E-state index contributed by atoms with van der Waals surface area (Å²) in [5, 5.41) is 0. The molecule has 0 spiro atoms. The summed E-state index contributed by atoms with van der Waals surface area (Å²) in [7, 11) is -2.05. The second-order valence-electron chi connectivity index (χ2n) is 5.39. The summed E-state index contributed by atoms with van der Waals surface area (Å²) < 4.78 is 32.3. The summed E-state index contributed by atoms with van der Waals surface area (Å²) in [5.74, 6) is 0.601. The Morgan fingerprint density at radius 1 is 1.30 bits per heavy atom. The Hall–Kier alpha value is -1.60. The predicted molar refractivity (Wildman–Crippen MR) is 90.1 cm³/mol. The van der Waals surface area contributed by atoms with Gasteiger partial charge in [0.2, 0.25) is 15.9 Å². The fraction of sp³-hybridized carbons (Fsp3) is 0.562. The van der Waals surface area contributed by atoms with Crippen LogP contribution in [0.1, 0.15) is 32.3 Å². The summed E-state index contributed by atoms with van der Waals surface area (Å²) in [5.41, 5.74) is 0.753. The molecule has 1 N–H and O–H groups in total. The molecule has 1 amide bonds. The fourth-order valence-electron chi connectivity index (χ4n) is 2.19. The molecule has 0 aliphatic carbocycles. The zero-order valence-corrected chi connectivity index (χ0v) is 15.1. The van der Waals surface area contributed by atoms with Crippen LogP contribution in [0.25, 0.3) is 0 Å². The van der Waals surface area contributed by atoms with Crippen molar-refractivity contribution in [2.75, 3.05) is 26.7 Å². The average Bonchev–Trinajstić information content (AvgIpc) is 2.50. The lowest BCUT2D eigenvalue weighted by Crippen LogP contribution is -2.38. The number of benzene rings is 1. The number of ether oxygens (including phenoxy) is 1. The normalized spacial score (nSPS) is 11.3. The van der Waals surface area contributed by atoms with Gasteiger partial charge in [-0.1, -0.05) is 13.3 Å². The zero-order valence-electron chi connectivity index (χ0n) is 14.3. The van der Waals surface area contributed by atoms with Crippen LogP contribution in [-0.2, 0) is 14.8 Å². The summed E-state index contributed by atoms with van der Waals surface area (Å²) >= 11 is 0. The van der Waals surface area contributed by atoms with Gasteiger partial charge in [-0.05, 0) is 37.1 Å². The first-order valence-corrected chi connectivity index (χ1v) is 9.20. The largest absolute Gasteiger partial charge is 0.496 e. The van der Waals surface area contributed by atoms with Gasteiger partial charge < -0.3 is 9.64 Å². The number of aryl methyl sites for hydroxylation is 1. The van der Waals surface area contributed by atoms with Crippen molar-refractivity contribution in [3.05, 3.63) is 23.8 Å². The van der Waals surface area contributed by atoms with Gasteiger partial charge in [-0.2, -0.15) is 0 Å². The number of nitrogens with zero attached hydrogens (tertiary/aromatic N) is 1. The Bertz CT molecular complexity index is 629. The van der Waals surface area contributed by atoms with Gasteiger partial charge >= 0.3 is 0 Å². The van der Waals surface area contributed by atoms with Crippen LogP contribution in [0, 0.1) is 6.92 Å². The molecule has 0 bridgehead atoms. The Morgan fingerprint density at radius 3 is 2.52 bits per heavy atom. The minimum atomic E-state index is -3.59. The van der Waals surface area contributed by atoms with Gasteiger partial charge in [0, 0.05) is 26.6 Å². The number of carbonyl (C=O) groups excluding carboxylic acids is 1. The highest BCUT2D eigenvalue weighted by molar-refractivity contribution is 7.89. The van der Waals surface area contributed by atoms with E-state index in [9.17, 15) is 13.2 Å². The maximum absolute atomic E-state index is 12.3. The van der Waals surface area contributed by atoms with E-state index in [4.69, 9.17) is 4.74 Å². The molecular weight excluding hydrogens is 316 g/mol. The van der Waals surface area contributed by atoms with Crippen LogP contribution in [0.2, 0.25) is 0 Å². The first-order chi connectivity index (χ1) is 10.8. The summed E-state index contributed by atoms with van der Waals surface area (Å²) in [6.45, 7) is 6.54. The van der Waals surface area contributed by atoms with Crippen molar-refractivity contribution in [2.24, 2.45) is 0 Å². The van der Waals surface area contributed by atoms with Gasteiger partial charge in [0.05, 0.1) is 12.0 Å². The summed E-state index contributed by atoms with van der Waals surface area (Å²) in [6.07, 6.45) is 1.89. The maximum Gasteiger partial charge on any atom is 0.240 e. The van der Waals surface area contributed by atoms with Crippen molar-refractivity contribution < 1.29 is 17.9 Å². The van der Waals surface area contributed by atoms with Crippen molar-refractivity contribution in [1.82, 2.24) is 9.62 Å². The second kappa shape index (κ2) is 8.88. The quantitative estimate of drug-likeness (QED) is 0.744. The molecular formula is C16H26N2O4S. The van der Waals surface area contributed by atoms with Crippen LogP contribution in [0.15, 0.2) is 23.1 Å². The van der Waals surface area contributed by atoms with Crippen LogP contribution in [0.5, 0.6) is 5.75 Å². The van der Waals surface area contributed by atoms with E-state index in [-0.39, 0.29) is 17.3 Å². The average molecular weight is 342 g/mol. The Labute approximate surface area is 138 Å². The van der Waals surface area contributed by atoms with E-state index in [0.29, 0.717) is 18.8 Å². The zero-order chi connectivity index (χ0) is 17.5. The van der Waals surface area contributed by atoms with E-state index >= 15 is 0 Å². The monoisotopic (exact) mass is 342 g/mol. The molecule has 0 aliphatic rings. The number of hydrogen-bond acceptors (Lipinski definition) is 4. The Morgan fingerprint density at radius 2 is 2.00 bits per heavy atom. The van der Waals surface area contributed by atoms with Crippen molar-refractivity contribution in [3.8, 4) is 5.75 Å². The molecule has 0 heterocycles. The van der Waals surface area contributed by atoms with Gasteiger partial charge in [-0.25, -0.2) is 13.1 Å². The number of rotatable bonds is 9. The van der Waals surface area contributed by atoms with Crippen molar-refractivity contribution in [2.45, 2.75) is 38.5 Å². The van der Waals surface area contributed by atoms with Gasteiger partial charge in [-0.3, -0.25) is 4.79 Å². The minimum Gasteiger partial charge on any atom is -0.496 e. The first-order valence-electron chi connectivity index (χ1n) is 7.71. The van der Waals surface area contributed by atoms with Crippen LogP contribution in [0.3, 0.4) is 0 Å². The number of carbonyl (C=O) groups is 1. The van der Waals surface area contributed by atoms with Crippen LogP contribution >= 0.6 is 0 Å². The Kier molecular flexibility index (Phi) is 7.51. The molecule has 0 aliphatic heterocycles. The molecule has 1 aromatic rings. The lowest BCUT2D eigenvalue weighted by atomic mass is 10.2. The molecule has 0 saturated carbocycles. The molecule has 1 rings (SSSR count). The van der Waals surface area contributed by atoms with E-state index in [1.165, 1.54) is 13.0 Å². The van der Waals surface area contributed by atoms with E-state index in [2.05, 4.69) is 4.72 Å². The molecule has 0 radical (unpaired) electrons. The summed E-state index contributed by atoms with van der Waals surface area (Å²) in [6, 6.07) is 4.71. The highest BCUT2D eigenvalue weighted by Crippen LogP contribution is 2.21. The standard InChI is InChI=1S/C16H26N2O4S/c1-5-6-10-18(14(3)19)11-9-17-23(20,21)15-7-8-16(22-4)13(2)12-15/h7-8,12,17H,5-6,9-11H2,1-4H3. The number of methoxy groups -OCH3 is 1. The lowest BCUT2D eigenvalue weighted by molar-refractivity contribution is -0.128. The van der Waals surface area contributed by atoms with Gasteiger partial charge in [-0.15, -0.1) is 0 Å². The van der Waals surface area contributed by atoms with E-state index < -0.39 is 10.0 Å². The minimum absolute atomic E-state index is 0.0436. The van der Waals surface area contributed by atoms with Gasteiger partial charge in [0.25, 0.3) is 0 Å². The van der Waals surface area contributed by atoms with E-state index in [0.717, 1.165) is 18.4 Å². The molecule has 0 aromatic heterocycles. The highest BCUT2D eigenvalue weighted by atomic mass is 32.2. The van der Waals surface area contributed by atoms with E-state index in [1.807, 2.05) is 6.92 Å². The molecule has 23 heavy (non-hydrogen) atoms. The second-order valence-corrected chi connectivity index (χ2v) is 7.16. The third-order valence-electron chi connectivity index (χ3n) is 3.58. The topological polar surface area (TPSA) is 75.7 Å². The third kappa shape index (κ3) is 5.84. The molecule has 1 aromatic carbocycles. The molecule has 130 valence electrons. The molecule has 0 unspecified atom stereocenters. The fourth-order valence-corrected chi connectivity index (χ4v) is 3.30. The SMILES string of the molecule is CCCCN(CCNS(=O)(=O)c1ccc(OC)c(C)c1)C(C)=O. The van der Waals surface area contributed by atoms with Crippen LogP contribution in [0.4, 0.5) is 0 Å².